The molecule has 1 aromatic carbocycles. The highest BCUT2D eigenvalue weighted by molar-refractivity contribution is 5.94. The summed E-state index contributed by atoms with van der Waals surface area (Å²) >= 11 is 0. The van der Waals surface area contributed by atoms with Crippen LogP contribution in [-0.4, -0.2) is 60.8 Å². The number of carbonyl (C=O) groups excluding carboxylic acids is 2. The summed E-state index contributed by atoms with van der Waals surface area (Å²) < 4.78 is 5.39. The maximum Gasteiger partial charge on any atom is 0.253 e. The first kappa shape index (κ1) is 21.4. The van der Waals surface area contributed by atoms with Crippen molar-refractivity contribution < 1.29 is 19.4 Å². The van der Waals surface area contributed by atoms with Crippen molar-refractivity contribution in [1.82, 2.24) is 10.2 Å². The summed E-state index contributed by atoms with van der Waals surface area (Å²) in [5, 5.41) is 12.7. The van der Waals surface area contributed by atoms with Crippen LogP contribution < -0.4 is 5.32 Å². The Labute approximate surface area is 161 Å². The Morgan fingerprint density at radius 1 is 1.26 bits per heavy atom. The highest BCUT2D eigenvalue weighted by atomic mass is 16.5. The van der Waals surface area contributed by atoms with Crippen LogP contribution in [0.5, 0.6) is 0 Å². The second kappa shape index (κ2) is 10.4. The molecular formula is C21H32N2O4. The SMILES string of the molecule is Cc1ccc(C(=O)N2CCCC(C(=O)NCC(O)COCC(C)C)C2)cc1. The van der Waals surface area contributed by atoms with E-state index in [-0.39, 0.29) is 30.9 Å². The van der Waals surface area contributed by atoms with Gasteiger partial charge in [-0.05, 0) is 37.8 Å². The first-order valence-corrected chi connectivity index (χ1v) is 9.76. The van der Waals surface area contributed by atoms with Crippen LogP contribution in [0.4, 0.5) is 0 Å². The highest BCUT2D eigenvalue weighted by Gasteiger charge is 2.29. The zero-order chi connectivity index (χ0) is 19.8. The average Bonchev–Trinajstić information content (AvgIpc) is 2.66. The maximum absolute atomic E-state index is 12.7. The summed E-state index contributed by atoms with van der Waals surface area (Å²) in [6.07, 6.45) is 0.834. The molecule has 1 heterocycles. The monoisotopic (exact) mass is 376 g/mol. The number of hydrogen-bond acceptors (Lipinski definition) is 4. The van der Waals surface area contributed by atoms with Crippen LogP contribution in [0.3, 0.4) is 0 Å². The Morgan fingerprint density at radius 2 is 1.96 bits per heavy atom. The van der Waals surface area contributed by atoms with Crippen molar-refractivity contribution in [2.75, 3.05) is 32.8 Å². The molecule has 0 radical (unpaired) electrons. The van der Waals surface area contributed by atoms with Gasteiger partial charge in [0.15, 0.2) is 0 Å². The lowest BCUT2D eigenvalue weighted by Crippen LogP contribution is -2.47. The number of carbonyl (C=O) groups is 2. The predicted molar refractivity (Wildman–Crippen MR) is 104 cm³/mol. The molecule has 1 saturated heterocycles. The van der Waals surface area contributed by atoms with E-state index in [0.29, 0.717) is 31.2 Å². The molecule has 150 valence electrons. The van der Waals surface area contributed by atoms with Crippen LogP contribution in [0.1, 0.15) is 42.6 Å². The van der Waals surface area contributed by atoms with E-state index < -0.39 is 6.10 Å². The van der Waals surface area contributed by atoms with E-state index in [1.165, 1.54) is 0 Å². The lowest BCUT2D eigenvalue weighted by Gasteiger charge is -2.32. The van der Waals surface area contributed by atoms with E-state index in [4.69, 9.17) is 4.74 Å². The van der Waals surface area contributed by atoms with Gasteiger partial charge in [-0.3, -0.25) is 9.59 Å². The number of aliphatic hydroxyl groups excluding tert-OH is 1. The minimum Gasteiger partial charge on any atom is -0.389 e. The molecule has 27 heavy (non-hydrogen) atoms. The number of nitrogens with zero attached hydrogens (tertiary/aromatic N) is 1. The van der Waals surface area contributed by atoms with E-state index in [9.17, 15) is 14.7 Å². The molecule has 2 amide bonds. The van der Waals surface area contributed by atoms with Gasteiger partial charge in [0.05, 0.1) is 18.6 Å². The van der Waals surface area contributed by atoms with Crippen LogP contribution in [0.15, 0.2) is 24.3 Å². The van der Waals surface area contributed by atoms with Crippen molar-refractivity contribution in [3.63, 3.8) is 0 Å². The molecule has 2 rings (SSSR count). The van der Waals surface area contributed by atoms with Crippen molar-refractivity contribution in [3.8, 4) is 0 Å². The molecule has 1 aliphatic rings. The fourth-order valence-electron chi connectivity index (χ4n) is 3.12. The Bertz CT molecular complexity index is 615. The van der Waals surface area contributed by atoms with E-state index in [1.807, 2.05) is 45.0 Å². The molecule has 2 atom stereocenters. The molecule has 6 nitrogen and oxygen atoms in total. The van der Waals surface area contributed by atoms with Gasteiger partial charge in [-0.1, -0.05) is 31.5 Å². The topological polar surface area (TPSA) is 78.9 Å². The van der Waals surface area contributed by atoms with Crippen molar-refractivity contribution in [2.24, 2.45) is 11.8 Å². The summed E-state index contributed by atoms with van der Waals surface area (Å²) in [7, 11) is 0. The third-order valence-corrected chi connectivity index (χ3v) is 4.65. The van der Waals surface area contributed by atoms with Gasteiger partial charge in [-0.2, -0.15) is 0 Å². The fraction of sp³-hybridized carbons (Fsp3) is 0.619. The van der Waals surface area contributed by atoms with E-state index in [1.54, 1.807) is 4.90 Å². The van der Waals surface area contributed by atoms with Gasteiger partial charge in [0.2, 0.25) is 5.91 Å². The molecule has 0 aromatic heterocycles. The number of hydrogen-bond donors (Lipinski definition) is 2. The number of aryl methyl sites for hydroxylation is 1. The number of likely N-dealkylation sites (tertiary alicyclic amines) is 1. The fourth-order valence-corrected chi connectivity index (χ4v) is 3.12. The lowest BCUT2D eigenvalue weighted by molar-refractivity contribution is -0.127. The van der Waals surface area contributed by atoms with Gasteiger partial charge in [-0.15, -0.1) is 0 Å². The maximum atomic E-state index is 12.7. The van der Waals surface area contributed by atoms with E-state index in [2.05, 4.69) is 5.32 Å². The van der Waals surface area contributed by atoms with Crippen molar-refractivity contribution >= 4 is 11.8 Å². The molecule has 1 aliphatic heterocycles. The molecule has 6 heteroatoms. The largest absolute Gasteiger partial charge is 0.389 e. The van der Waals surface area contributed by atoms with Crippen molar-refractivity contribution in [2.45, 2.75) is 39.7 Å². The molecule has 1 fully saturated rings. The summed E-state index contributed by atoms with van der Waals surface area (Å²) in [5.41, 5.74) is 1.76. The molecule has 0 aliphatic carbocycles. The molecular weight excluding hydrogens is 344 g/mol. The number of nitrogens with one attached hydrogen (secondary N) is 1. The first-order valence-electron chi connectivity index (χ1n) is 9.76. The minimum absolute atomic E-state index is 0.0328. The summed E-state index contributed by atoms with van der Waals surface area (Å²) in [5.74, 6) is 0.0250. The van der Waals surface area contributed by atoms with Crippen LogP contribution in [-0.2, 0) is 9.53 Å². The van der Waals surface area contributed by atoms with Gasteiger partial charge < -0.3 is 20.1 Å². The third-order valence-electron chi connectivity index (χ3n) is 4.65. The van der Waals surface area contributed by atoms with Crippen LogP contribution in [0, 0.1) is 18.8 Å². The highest BCUT2D eigenvalue weighted by Crippen LogP contribution is 2.19. The van der Waals surface area contributed by atoms with Crippen molar-refractivity contribution in [3.05, 3.63) is 35.4 Å². The Kier molecular flexibility index (Phi) is 8.25. The standard InChI is InChI=1S/C21H32N2O4/c1-15(2)13-27-14-19(24)11-22-20(25)18-5-4-10-23(12-18)21(26)17-8-6-16(3)7-9-17/h6-9,15,18-19,24H,4-5,10-14H2,1-3H3,(H,22,25). The molecule has 0 bridgehead atoms. The third kappa shape index (κ3) is 6.96. The Morgan fingerprint density at radius 3 is 2.63 bits per heavy atom. The lowest BCUT2D eigenvalue weighted by atomic mass is 9.96. The number of ether oxygens (including phenoxy) is 1. The number of benzene rings is 1. The van der Waals surface area contributed by atoms with Crippen LogP contribution in [0.2, 0.25) is 0 Å². The van der Waals surface area contributed by atoms with E-state index in [0.717, 1.165) is 18.4 Å². The Hall–Kier alpha value is -1.92. The molecule has 1 aromatic rings. The summed E-state index contributed by atoms with van der Waals surface area (Å²) in [4.78, 5) is 26.8. The van der Waals surface area contributed by atoms with Gasteiger partial charge in [-0.25, -0.2) is 0 Å². The summed E-state index contributed by atoms with van der Waals surface area (Å²) in [6, 6.07) is 7.50. The quantitative estimate of drug-likeness (QED) is 0.727. The van der Waals surface area contributed by atoms with Gasteiger partial charge >= 0.3 is 0 Å². The smallest absolute Gasteiger partial charge is 0.253 e. The Balaban J connectivity index is 1.79. The molecule has 2 unspecified atom stereocenters. The second-order valence-corrected chi connectivity index (χ2v) is 7.79. The normalized spacial score (nSPS) is 18.4. The predicted octanol–water partition coefficient (Wildman–Crippen LogP) is 2.00. The number of amides is 2. The zero-order valence-electron chi connectivity index (χ0n) is 16.6. The molecule has 0 saturated carbocycles. The van der Waals surface area contributed by atoms with Crippen LogP contribution in [0.25, 0.3) is 0 Å². The number of piperidine rings is 1. The zero-order valence-corrected chi connectivity index (χ0v) is 16.6. The van der Waals surface area contributed by atoms with Crippen molar-refractivity contribution in [1.29, 1.82) is 0 Å². The average molecular weight is 376 g/mol. The molecule has 2 N–H and O–H groups in total. The second-order valence-electron chi connectivity index (χ2n) is 7.79. The number of rotatable bonds is 8. The minimum atomic E-state index is -0.721. The summed E-state index contributed by atoms with van der Waals surface area (Å²) in [6.45, 7) is 8.12. The van der Waals surface area contributed by atoms with Gasteiger partial charge in [0.1, 0.15) is 0 Å². The van der Waals surface area contributed by atoms with E-state index >= 15 is 0 Å². The first-order chi connectivity index (χ1) is 12.9. The van der Waals surface area contributed by atoms with Gasteiger partial charge in [0, 0.05) is 31.8 Å². The van der Waals surface area contributed by atoms with Gasteiger partial charge in [0.25, 0.3) is 5.91 Å². The van der Waals surface area contributed by atoms with Crippen LogP contribution >= 0.6 is 0 Å². The molecule has 0 spiro atoms. The number of aliphatic hydroxyl groups is 1.